The lowest BCUT2D eigenvalue weighted by Crippen LogP contribution is -2.33. The Morgan fingerprint density at radius 1 is 1.26 bits per heavy atom. The number of alkyl halides is 4. The summed E-state index contributed by atoms with van der Waals surface area (Å²) >= 11 is 6.09. The van der Waals surface area contributed by atoms with Gasteiger partial charge in [-0.1, -0.05) is 23.7 Å². The highest BCUT2D eigenvalue weighted by atomic mass is 35.5. The summed E-state index contributed by atoms with van der Waals surface area (Å²) in [7, 11) is 1.57. The molecule has 0 spiro atoms. The van der Waals surface area contributed by atoms with Crippen LogP contribution in [0.4, 0.5) is 18.9 Å². The Morgan fingerprint density at radius 3 is 2.61 bits per heavy atom. The molecule has 0 radical (unpaired) electrons. The Morgan fingerprint density at radius 2 is 1.97 bits per heavy atom. The standard InChI is InChI=1S/C21H15ClF3N3O2S/c1-29-15-8-6-13(7-9-15)17-12-31-19(28-17)14(10-26)11-27-16-4-2-3-5-18(16)30-21(24,25)20(22)23/h2-9,11-12,20,27H,1H3. The third-order valence-electron chi connectivity index (χ3n) is 4.00. The lowest BCUT2D eigenvalue weighted by Gasteiger charge is -2.19. The van der Waals surface area contributed by atoms with Crippen LogP contribution in [-0.2, 0) is 0 Å². The number of halogens is 4. The van der Waals surface area contributed by atoms with Crippen LogP contribution in [0.5, 0.6) is 11.5 Å². The minimum atomic E-state index is -4.22. The number of ether oxygens (including phenoxy) is 2. The summed E-state index contributed by atoms with van der Waals surface area (Å²) in [5, 5.41) is 14.5. The summed E-state index contributed by atoms with van der Waals surface area (Å²) in [5.74, 6) is 0.378. The van der Waals surface area contributed by atoms with E-state index in [1.54, 1.807) is 30.7 Å². The molecular formula is C21H15ClF3N3O2S. The molecule has 1 atom stereocenters. The molecule has 5 nitrogen and oxygen atoms in total. The minimum Gasteiger partial charge on any atom is -0.497 e. The van der Waals surface area contributed by atoms with Crippen LogP contribution < -0.4 is 14.8 Å². The fourth-order valence-electron chi connectivity index (χ4n) is 2.45. The molecule has 1 aromatic heterocycles. The Hall–Kier alpha value is -3.22. The average Bonchev–Trinajstić information content (AvgIpc) is 3.25. The highest BCUT2D eigenvalue weighted by molar-refractivity contribution is 7.11. The summed E-state index contributed by atoms with van der Waals surface area (Å²) < 4.78 is 49.4. The molecule has 160 valence electrons. The highest BCUT2D eigenvalue weighted by Gasteiger charge is 2.42. The number of nitriles is 1. The van der Waals surface area contributed by atoms with Crippen molar-refractivity contribution < 1.29 is 22.6 Å². The molecule has 1 unspecified atom stereocenters. The zero-order valence-corrected chi connectivity index (χ0v) is 17.6. The van der Waals surface area contributed by atoms with Crippen LogP contribution in [0, 0.1) is 11.3 Å². The molecule has 2 aromatic carbocycles. The van der Waals surface area contributed by atoms with Gasteiger partial charge in [0, 0.05) is 17.1 Å². The molecule has 0 aliphatic heterocycles. The van der Waals surface area contributed by atoms with E-state index in [2.05, 4.69) is 15.0 Å². The molecule has 3 aromatic rings. The number of nitrogens with zero attached hydrogens (tertiary/aromatic N) is 2. The van der Waals surface area contributed by atoms with Gasteiger partial charge in [-0.3, -0.25) is 0 Å². The first-order valence-electron chi connectivity index (χ1n) is 8.75. The fraction of sp³-hybridized carbons (Fsp3) is 0.143. The van der Waals surface area contributed by atoms with Crippen molar-refractivity contribution >= 4 is 34.2 Å². The molecule has 0 amide bonds. The van der Waals surface area contributed by atoms with Gasteiger partial charge in [-0.15, -0.1) is 11.3 Å². The topological polar surface area (TPSA) is 67.2 Å². The number of anilines is 1. The first kappa shape index (κ1) is 22.5. The normalized spacial score (nSPS) is 12.7. The maximum absolute atomic E-state index is 13.5. The van der Waals surface area contributed by atoms with Gasteiger partial charge in [0.15, 0.2) is 0 Å². The van der Waals surface area contributed by atoms with E-state index in [0.29, 0.717) is 16.5 Å². The van der Waals surface area contributed by atoms with Gasteiger partial charge < -0.3 is 14.8 Å². The summed E-state index contributed by atoms with van der Waals surface area (Å²) in [5.41, 5.74) is -1.23. The second kappa shape index (κ2) is 9.73. The van der Waals surface area contributed by atoms with Gasteiger partial charge in [0.05, 0.1) is 18.5 Å². The summed E-state index contributed by atoms with van der Waals surface area (Å²) in [6.07, 6.45) is -2.91. The van der Waals surface area contributed by atoms with Gasteiger partial charge in [-0.05, 0) is 36.4 Å². The zero-order valence-electron chi connectivity index (χ0n) is 16.0. The number of allylic oxidation sites excluding steroid dienone is 1. The van der Waals surface area contributed by atoms with Crippen molar-refractivity contribution in [2.45, 2.75) is 11.7 Å². The highest BCUT2D eigenvalue weighted by Crippen LogP contribution is 2.34. The van der Waals surface area contributed by atoms with Crippen molar-refractivity contribution in [3.63, 3.8) is 0 Å². The van der Waals surface area contributed by atoms with Crippen LogP contribution in [0.1, 0.15) is 5.01 Å². The van der Waals surface area contributed by atoms with Crippen molar-refractivity contribution in [3.05, 3.63) is 65.1 Å². The van der Waals surface area contributed by atoms with E-state index in [1.165, 1.54) is 35.7 Å². The quantitative estimate of drug-likeness (QED) is 0.312. The summed E-state index contributed by atoms with van der Waals surface area (Å²) in [4.78, 5) is 4.45. The van der Waals surface area contributed by atoms with Crippen molar-refractivity contribution in [2.75, 3.05) is 12.4 Å². The van der Waals surface area contributed by atoms with Crippen molar-refractivity contribution in [2.24, 2.45) is 0 Å². The van der Waals surface area contributed by atoms with Gasteiger partial charge in [0.25, 0.3) is 5.63 Å². The number of nitrogens with one attached hydrogen (secondary N) is 1. The van der Waals surface area contributed by atoms with Crippen molar-refractivity contribution in [1.29, 1.82) is 5.26 Å². The first-order chi connectivity index (χ1) is 14.8. The smallest absolute Gasteiger partial charge is 0.444 e. The maximum Gasteiger partial charge on any atom is 0.444 e. The first-order valence-corrected chi connectivity index (χ1v) is 10.1. The van der Waals surface area contributed by atoms with Crippen LogP contribution in [0.15, 0.2) is 60.1 Å². The van der Waals surface area contributed by atoms with Crippen LogP contribution >= 0.6 is 22.9 Å². The third kappa shape index (κ3) is 5.48. The number of hydrogen-bond acceptors (Lipinski definition) is 6. The molecule has 1 heterocycles. The number of rotatable bonds is 8. The second-order valence-corrected chi connectivity index (χ2v) is 7.28. The molecule has 0 bridgehead atoms. The molecule has 0 saturated carbocycles. The fourth-order valence-corrected chi connectivity index (χ4v) is 3.29. The number of aromatic nitrogens is 1. The third-order valence-corrected chi connectivity index (χ3v) is 5.13. The van der Waals surface area contributed by atoms with E-state index in [-0.39, 0.29) is 17.0 Å². The molecule has 3 rings (SSSR count). The second-order valence-electron chi connectivity index (χ2n) is 6.04. The largest absolute Gasteiger partial charge is 0.497 e. The van der Waals surface area contributed by atoms with E-state index in [4.69, 9.17) is 16.3 Å². The monoisotopic (exact) mass is 465 g/mol. The molecule has 1 N–H and O–H groups in total. The Kier molecular flexibility index (Phi) is 7.05. The number of benzene rings is 2. The van der Waals surface area contributed by atoms with Gasteiger partial charge in [0.2, 0.25) is 0 Å². The molecule has 0 fully saturated rings. The predicted molar refractivity (Wildman–Crippen MR) is 114 cm³/mol. The van der Waals surface area contributed by atoms with Crippen LogP contribution in [0.2, 0.25) is 0 Å². The average molecular weight is 466 g/mol. The maximum atomic E-state index is 13.5. The van der Waals surface area contributed by atoms with E-state index < -0.39 is 11.7 Å². The molecule has 31 heavy (non-hydrogen) atoms. The molecule has 0 aliphatic carbocycles. The lowest BCUT2D eigenvalue weighted by molar-refractivity contribution is -0.198. The minimum absolute atomic E-state index is 0.0965. The SMILES string of the molecule is COc1ccc(-c2csc(C(C#N)=CNc3ccccc3OC(F)(F)C(F)Cl)n2)cc1. The van der Waals surface area contributed by atoms with E-state index in [9.17, 15) is 18.4 Å². The Balaban J connectivity index is 1.81. The number of thiazole rings is 1. The van der Waals surface area contributed by atoms with Crippen LogP contribution in [-0.4, -0.2) is 23.8 Å². The lowest BCUT2D eigenvalue weighted by atomic mass is 10.2. The zero-order chi connectivity index (χ0) is 22.4. The predicted octanol–water partition coefficient (Wildman–Crippen LogP) is 6.30. The van der Waals surface area contributed by atoms with Crippen molar-refractivity contribution in [3.8, 4) is 28.8 Å². The van der Waals surface area contributed by atoms with Crippen molar-refractivity contribution in [1.82, 2.24) is 4.98 Å². The number of para-hydroxylation sites is 2. The van der Waals surface area contributed by atoms with Gasteiger partial charge in [-0.25, -0.2) is 9.37 Å². The van der Waals surface area contributed by atoms with Crippen LogP contribution in [0.3, 0.4) is 0 Å². The van der Waals surface area contributed by atoms with E-state index in [1.807, 2.05) is 18.2 Å². The molecule has 0 aliphatic rings. The summed E-state index contributed by atoms with van der Waals surface area (Å²) in [6.45, 7) is 0. The Labute approximate surface area is 185 Å². The van der Waals surface area contributed by atoms with Gasteiger partial charge in [-0.2, -0.15) is 14.0 Å². The number of hydrogen-bond donors (Lipinski definition) is 1. The van der Waals surface area contributed by atoms with Gasteiger partial charge in [0.1, 0.15) is 28.1 Å². The summed E-state index contributed by atoms with van der Waals surface area (Å²) in [6, 6.07) is 15.0. The van der Waals surface area contributed by atoms with Gasteiger partial charge >= 0.3 is 6.11 Å². The number of methoxy groups -OCH3 is 1. The Bertz CT molecular complexity index is 1110. The molecule has 0 saturated heterocycles. The van der Waals surface area contributed by atoms with Crippen LogP contribution in [0.25, 0.3) is 16.8 Å². The van der Waals surface area contributed by atoms with E-state index >= 15 is 0 Å². The van der Waals surface area contributed by atoms with E-state index in [0.717, 1.165) is 5.56 Å². The molecule has 10 heteroatoms. The molecular weight excluding hydrogens is 451 g/mol.